The van der Waals surface area contributed by atoms with Gasteiger partial charge in [0.25, 0.3) is 0 Å². The van der Waals surface area contributed by atoms with Gasteiger partial charge in [-0.3, -0.25) is 9.59 Å². The van der Waals surface area contributed by atoms with Crippen LogP contribution in [0.5, 0.6) is 5.75 Å². The molecule has 3 rings (SSSR count). The second kappa shape index (κ2) is 6.39. The monoisotopic (exact) mass is 328 g/mol. The molecule has 0 bridgehead atoms. The lowest BCUT2D eigenvalue weighted by atomic mass is 10.0. The van der Waals surface area contributed by atoms with Crippen LogP contribution in [0.2, 0.25) is 0 Å². The first-order valence-corrected chi connectivity index (χ1v) is 7.64. The van der Waals surface area contributed by atoms with Crippen LogP contribution in [-0.4, -0.2) is 18.0 Å². The summed E-state index contributed by atoms with van der Waals surface area (Å²) < 4.78 is 18.8. The molecule has 1 amide bonds. The number of amides is 1. The summed E-state index contributed by atoms with van der Waals surface area (Å²) in [5, 5.41) is 2.87. The third kappa shape index (κ3) is 2.99. The van der Waals surface area contributed by atoms with Crippen molar-refractivity contribution in [1.82, 2.24) is 10.3 Å². The predicted octanol–water partition coefficient (Wildman–Crippen LogP) is 2.38. The first-order chi connectivity index (χ1) is 11.5. The van der Waals surface area contributed by atoms with E-state index in [0.29, 0.717) is 29.7 Å². The molecule has 5 nitrogen and oxygen atoms in total. The molecule has 24 heavy (non-hydrogen) atoms. The molecule has 0 aliphatic heterocycles. The summed E-state index contributed by atoms with van der Waals surface area (Å²) in [6.07, 6.45) is 1.22. The molecule has 0 unspecified atom stereocenters. The van der Waals surface area contributed by atoms with Gasteiger partial charge in [0.05, 0.1) is 18.8 Å². The second-order valence-corrected chi connectivity index (χ2v) is 5.71. The smallest absolute Gasteiger partial charge is 0.220 e. The Labute approximate surface area is 138 Å². The van der Waals surface area contributed by atoms with Crippen LogP contribution in [0.25, 0.3) is 11.3 Å². The van der Waals surface area contributed by atoms with Crippen molar-refractivity contribution in [3.8, 4) is 17.0 Å². The number of fused-ring (bicyclic) bond motifs is 3. The van der Waals surface area contributed by atoms with E-state index in [1.54, 1.807) is 18.2 Å². The summed E-state index contributed by atoms with van der Waals surface area (Å²) in [7, 11) is 1.42. The van der Waals surface area contributed by atoms with E-state index in [4.69, 9.17) is 4.74 Å². The van der Waals surface area contributed by atoms with Gasteiger partial charge in [0.1, 0.15) is 0 Å². The number of halogens is 1. The lowest BCUT2D eigenvalue weighted by molar-refractivity contribution is -0.119. The fraction of sp³-hybridized carbons (Fsp3) is 0.278. The second-order valence-electron chi connectivity index (χ2n) is 5.71. The van der Waals surface area contributed by atoms with Crippen molar-refractivity contribution >= 4 is 5.91 Å². The molecule has 1 aliphatic rings. The molecular weight excluding hydrogens is 311 g/mol. The molecule has 0 radical (unpaired) electrons. The van der Waals surface area contributed by atoms with Gasteiger partial charge in [-0.15, -0.1) is 0 Å². The maximum Gasteiger partial charge on any atom is 0.220 e. The fourth-order valence-corrected chi connectivity index (χ4v) is 3.05. The molecule has 6 heteroatoms. The molecule has 0 saturated carbocycles. The Kier molecular flexibility index (Phi) is 4.29. The molecule has 0 spiro atoms. The maximum atomic E-state index is 13.7. The average molecular weight is 328 g/mol. The number of hydrogen-bond donors (Lipinski definition) is 1. The minimum Gasteiger partial charge on any atom is -0.493 e. The van der Waals surface area contributed by atoms with E-state index in [2.05, 4.69) is 10.3 Å². The van der Waals surface area contributed by atoms with Gasteiger partial charge in [-0.2, -0.15) is 4.39 Å². The number of methoxy groups -OCH3 is 1. The molecule has 1 aromatic carbocycles. The highest BCUT2D eigenvalue weighted by Crippen LogP contribution is 2.35. The van der Waals surface area contributed by atoms with Crippen molar-refractivity contribution < 1.29 is 13.9 Å². The summed E-state index contributed by atoms with van der Waals surface area (Å²) in [6.45, 7) is 1.43. The van der Waals surface area contributed by atoms with Crippen molar-refractivity contribution in [2.75, 3.05) is 7.11 Å². The number of pyridine rings is 1. The summed E-state index contributed by atoms with van der Waals surface area (Å²) in [5.41, 5.74) is 2.32. The Balaban J connectivity index is 2.30. The molecule has 0 fully saturated rings. The van der Waals surface area contributed by atoms with Gasteiger partial charge in [0, 0.05) is 12.5 Å². The fourth-order valence-electron chi connectivity index (χ4n) is 3.05. The Hall–Kier alpha value is -2.76. The number of aryl methyl sites for hydroxylation is 1. The van der Waals surface area contributed by atoms with Gasteiger partial charge >= 0.3 is 0 Å². The number of nitrogens with zero attached hydrogens (tertiary/aromatic N) is 1. The zero-order valence-electron chi connectivity index (χ0n) is 13.4. The van der Waals surface area contributed by atoms with Gasteiger partial charge in [0.2, 0.25) is 17.3 Å². The zero-order chi connectivity index (χ0) is 17.3. The highest BCUT2D eigenvalue weighted by Gasteiger charge is 2.24. The Bertz CT molecular complexity index is 867. The Morgan fingerprint density at radius 2 is 2.12 bits per heavy atom. The number of carbonyl (C=O) groups excluding carboxylic acids is 1. The van der Waals surface area contributed by atoms with Gasteiger partial charge in [-0.05, 0) is 48.2 Å². The largest absolute Gasteiger partial charge is 0.493 e. The van der Waals surface area contributed by atoms with E-state index in [9.17, 15) is 14.0 Å². The van der Waals surface area contributed by atoms with Crippen LogP contribution >= 0.6 is 0 Å². The van der Waals surface area contributed by atoms with E-state index in [-0.39, 0.29) is 23.1 Å². The van der Waals surface area contributed by atoms with E-state index < -0.39 is 5.95 Å². The topological polar surface area (TPSA) is 68.3 Å². The third-order valence-electron chi connectivity index (χ3n) is 4.12. The molecule has 1 heterocycles. The first kappa shape index (κ1) is 16.1. The lowest BCUT2D eigenvalue weighted by Crippen LogP contribution is -2.26. The first-order valence-electron chi connectivity index (χ1n) is 7.64. The van der Waals surface area contributed by atoms with Crippen LogP contribution in [0.1, 0.15) is 30.5 Å². The van der Waals surface area contributed by atoms with Crippen molar-refractivity contribution in [2.24, 2.45) is 0 Å². The number of rotatable bonds is 2. The molecule has 2 aromatic rings. The van der Waals surface area contributed by atoms with E-state index in [1.165, 1.54) is 26.2 Å². The van der Waals surface area contributed by atoms with Crippen molar-refractivity contribution in [2.45, 2.75) is 25.8 Å². The van der Waals surface area contributed by atoms with Crippen molar-refractivity contribution in [3.63, 3.8) is 0 Å². The number of nitrogens with one attached hydrogen (secondary N) is 1. The van der Waals surface area contributed by atoms with Crippen molar-refractivity contribution in [3.05, 3.63) is 57.6 Å². The van der Waals surface area contributed by atoms with E-state index in [1.807, 2.05) is 0 Å². The number of aromatic nitrogens is 1. The SMILES string of the molecule is COc1ccc2c(cc1=O)[C@@H](NC(C)=O)CCc1ccc(F)nc1-2. The standard InChI is InChI=1S/C18H17FN2O3/c1-10(22)20-14-6-3-11-4-8-17(19)21-18(11)12-5-7-16(24-2)15(23)9-13(12)14/h4-5,7-9,14H,3,6H2,1-2H3,(H,20,22)/t14-/m0/s1. The summed E-state index contributed by atoms with van der Waals surface area (Å²) in [5.74, 6) is -0.594. The quantitative estimate of drug-likeness (QED) is 0.860. The van der Waals surface area contributed by atoms with Gasteiger partial charge in [-0.1, -0.05) is 6.07 Å². The number of hydrogen-bond acceptors (Lipinski definition) is 4. The normalized spacial score (nSPS) is 15.7. The van der Waals surface area contributed by atoms with E-state index in [0.717, 1.165) is 5.56 Å². The van der Waals surface area contributed by atoms with Crippen LogP contribution in [0.3, 0.4) is 0 Å². The van der Waals surface area contributed by atoms with Crippen LogP contribution in [-0.2, 0) is 11.2 Å². The van der Waals surface area contributed by atoms with Gasteiger partial charge < -0.3 is 10.1 Å². The Morgan fingerprint density at radius 1 is 1.33 bits per heavy atom. The summed E-state index contributed by atoms with van der Waals surface area (Å²) in [4.78, 5) is 27.9. The lowest BCUT2D eigenvalue weighted by Gasteiger charge is -2.16. The highest BCUT2D eigenvalue weighted by atomic mass is 19.1. The molecule has 1 aliphatic carbocycles. The number of carbonyl (C=O) groups is 1. The predicted molar refractivity (Wildman–Crippen MR) is 87.3 cm³/mol. The molecule has 1 atom stereocenters. The maximum absolute atomic E-state index is 13.7. The van der Waals surface area contributed by atoms with Crippen LogP contribution in [0, 0.1) is 5.95 Å². The molecule has 1 N–H and O–H groups in total. The molecule has 0 saturated heterocycles. The zero-order valence-corrected chi connectivity index (χ0v) is 13.4. The summed E-state index contributed by atoms with van der Waals surface area (Å²) in [6, 6.07) is 7.35. The van der Waals surface area contributed by atoms with Crippen molar-refractivity contribution in [1.29, 1.82) is 0 Å². The van der Waals surface area contributed by atoms with Crippen LogP contribution < -0.4 is 15.5 Å². The molecular formula is C18H17FN2O3. The molecule has 1 aromatic heterocycles. The van der Waals surface area contributed by atoms with Crippen LogP contribution in [0.4, 0.5) is 4.39 Å². The number of ether oxygens (including phenoxy) is 1. The highest BCUT2D eigenvalue weighted by molar-refractivity contribution is 5.75. The Morgan fingerprint density at radius 3 is 2.83 bits per heavy atom. The van der Waals surface area contributed by atoms with Crippen LogP contribution in [0.15, 0.2) is 35.1 Å². The average Bonchev–Trinajstić information content (AvgIpc) is 2.77. The summed E-state index contributed by atoms with van der Waals surface area (Å²) >= 11 is 0. The van der Waals surface area contributed by atoms with Gasteiger partial charge in [-0.25, -0.2) is 4.98 Å². The minimum atomic E-state index is -0.585. The van der Waals surface area contributed by atoms with Gasteiger partial charge in [0.15, 0.2) is 5.75 Å². The third-order valence-corrected chi connectivity index (χ3v) is 4.12. The molecule has 124 valence electrons. The van der Waals surface area contributed by atoms with E-state index >= 15 is 0 Å². The minimum absolute atomic E-state index is 0.183.